The molecule has 0 spiro atoms. The highest BCUT2D eigenvalue weighted by atomic mass is 16.6. The Bertz CT molecular complexity index is 453. The Morgan fingerprint density at radius 2 is 2.00 bits per heavy atom. The van der Waals surface area contributed by atoms with E-state index in [0.29, 0.717) is 19.0 Å². The normalized spacial score (nSPS) is 22.9. The summed E-state index contributed by atoms with van der Waals surface area (Å²) in [7, 11) is 0. The van der Waals surface area contributed by atoms with Crippen LogP contribution in [0, 0.1) is 5.92 Å². The molecule has 0 aliphatic carbocycles. The lowest BCUT2D eigenvalue weighted by Gasteiger charge is -2.30. The van der Waals surface area contributed by atoms with Crippen LogP contribution in [0.2, 0.25) is 0 Å². The minimum absolute atomic E-state index is 0.0241. The van der Waals surface area contributed by atoms with E-state index in [2.05, 4.69) is 12.1 Å². The molecule has 1 amide bonds. The molecule has 1 aromatic rings. The highest BCUT2D eigenvalue weighted by Gasteiger charge is 2.39. The first-order chi connectivity index (χ1) is 9.42. The van der Waals surface area contributed by atoms with Gasteiger partial charge in [0, 0.05) is 6.54 Å². The highest BCUT2D eigenvalue weighted by Crippen LogP contribution is 2.37. The van der Waals surface area contributed by atoms with Crippen molar-refractivity contribution >= 4 is 6.09 Å². The van der Waals surface area contributed by atoms with Crippen LogP contribution in [0.5, 0.6) is 0 Å². The lowest BCUT2D eigenvalue weighted by molar-refractivity contribution is 0.0207. The van der Waals surface area contributed by atoms with Gasteiger partial charge in [0.2, 0.25) is 0 Å². The molecular formula is C16H24N2O2. The summed E-state index contributed by atoms with van der Waals surface area (Å²) >= 11 is 0. The summed E-state index contributed by atoms with van der Waals surface area (Å²) in [5.41, 5.74) is 6.53. The molecule has 0 bridgehead atoms. The van der Waals surface area contributed by atoms with Crippen LogP contribution >= 0.6 is 0 Å². The molecule has 1 saturated heterocycles. The summed E-state index contributed by atoms with van der Waals surface area (Å²) in [6.07, 6.45) is 0.678. The molecule has 2 N–H and O–H groups in total. The molecule has 0 aromatic heterocycles. The van der Waals surface area contributed by atoms with Crippen molar-refractivity contribution < 1.29 is 9.53 Å². The monoisotopic (exact) mass is 276 g/mol. The number of likely N-dealkylation sites (tertiary alicyclic amines) is 1. The van der Waals surface area contributed by atoms with Crippen LogP contribution in [-0.2, 0) is 4.74 Å². The van der Waals surface area contributed by atoms with E-state index in [1.54, 1.807) is 0 Å². The van der Waals surface area contributed by atoms with Crippen molar-refractivity contribution in [2.45, 2.75) is 38.8 Å². The van der Waals surface area contributed by atoms with E-state index in [1.165, 1.54) is 0 Å². The fraction of sp³-hybridized carbons (Fsp3) is 0.562. The number of benzene rings is 1. The number of nitrogens with two attached hydrogens (primary N) is 1. The van der Waals surface area contributed by atoms with Crippen molar-refractivity contribution in [3.63, 3.8) is 0 Å². The number of hydrogen-bond donors (Lipinski definition) is 1. The molecule has 4 heteroatoms. The number of hydrogen-bond acceptors (Lipinski definition) is 3. The average molecular weight is 276 g/mol. The third-order valence-corrected chi connectivity index (χ3v) is 3.59. The van der Waals surface area contributed by atoms with Crippen molar-refractivity contribution in [3.05, 3.63) is 35.9 Å². The van der Waals surface area contributed by atoms with Crippen molar-refractivity contribution in [1.82, 2.24) is 4.90 Å². The van der Waals surface area contributed by atoms with Gasteiger partial charge < -0.3 is 15.4 Å². The smallest absolute Gasteiger partial charge is 0.410 e. The summed E-state index contributed by atoms with van der Waals surface area (Å²) in [6.45, 7) is 6.95. The van der Waals surface area contributed by atoms with Gasteiger partial charge in [0.05, 0.1) is 6.04 Å². The van der Waals surface area contributed by atoms with Gasteiger partial charge in [-0.2, -0.15) is 0 Å². The van der Waals surface area contributed by atoms with E-state index in [4.69, 9.17) is 10.5 Å². The van der Waals surface area contributed by atoms with Crippen LogP contribution < -0.4 is 5.73 Å². The zero-order valence-electron chi connectivity index (χ0n) is 12.5. The number of nitrogens with zero attached hydrogens (tertiary/aromatic N) is 1. The van der Waals surface area contributed by atoms with Crippen LogP contribution in [0.1, 0.15) is 38.8 Å². The predicted octanol–water partition coefficient (Wildman–Crippen LogP) is 2.94. The van der Waals surface area contributed by atoms with Gasteiger partial charge in [-0.25, -0.2) is 4.79 Å². The maximum Gasteiger partial charge on any atom is 0.410 e. The van der Waals surface area contributed by atoms with Gasteiger partial charge in [0.15, 0.2) is 0 Å². The summed E-state index contributed by atoms with van der Waals surface area (Å²) in [6, 6.07) is 10.1. The summed E-state index contributed by atoms with van der Waals surface area (Å²) < 4.78 is 5.51. The molecule has 2 rings (SSSR count). The Labute approximate surface area is 120 Å². The molecule has 20 heavy (non-hydrogen) atoms. The van der Waals surface area contributed by atoms with Crippen LogP contribution in [-0.4, -0.2) is 29.7 Å². The molecule has 1 aromatic carbocycles. The van der Waals surface area contributed by atoms with Gasteiger partial charge in [-0.15, -0.1) is 0 Å². The lowest BCUT2D eigenvalue weighted by Crippen LogP contribution is -2.38. The maximum absolute atomic E-state index is 12.4. The molecule has 4 nitrogen and oxygen atoms in total. The molecule has 1 fully saturated rings. The van der Waals surface area contributed by atoms with Crippen molar-refractivity contribution in [3.8, 4) is 0 Å². The summed E-state index contributed by atoms with van der Waals surface area (Å²) in [4.78, 5) is 14.2. The summed E-state index contributed by atoms with van der Waals surface area (Å²) in [5.74, 6) is 0.296. The van der Waals surface area contributed by atoms with E-state index in [9.17, 15) is 4.79 Å². The predicted molar refractivity (Wildman–Crippen MR) is 79.3 cm³/mol. The van der Waals surface area contributed by atoms with E-state index >= 15 is 0 Å². The van der Waals surface area contributed by atoms with E-state index < -0.39 is 5.60 Å². The Hall–Kier alpha value is -1.55. The van der Waals surface area contributed by atoms with Gasteiger partial charge in [0.25, 0.3) is 0 Å². The maximum atomic E-state index is 12.4. The summed E-state index contributed by atoms with van der Waals surface area (Å²) in [5, 5.41) is 0. The SMILES string of the molecule is CC(C)(C)OC(=O)N1CCC(CN)C1c1ccccc1. The van der Waals surface area contributed by atoms with Gasteiger partial charge in [0.1, 0.15) is 5.60 Å². The zero-order chi connectivity index (χ0) is 14.8. The average Bonchev–Trinajstić information content (AvgIpc) is 2.81. The van der Waals surface area contributed by atoms with Crippen LogP contribution in [0.25, 0.3) is 0 Å². The largest absolute Gasteiger partial charge is 0.444 e. The van der Waals surface area contributed by atoms with Gasteiger partial charge in [-0.05, 0) is 45.2 Å². The fourth-order valence-corrected chi connectivity index (χ4v) is 2.73. The second kappa shape index (κ2) is 5.83. The molecule has 2 atom stereocenters. The number of carbonyl (C=O) groups is 1. The first-order valence-corrected chi connectivity index (χ1v) is 7.17. The van der Waals surface area contributed by atoms with Gasteiger partial charge in [-0.3, -0.25) is 0 Å². The topological polar surface area (TPSA) is 55.6 Å². The first kappa shape index (κ1) is 14.9. The molecular weight excluding hydrogens is 252 g/mol. The zero-order valence-corrected chi connectivity index (χ0v) is 12.5. The fourth-order valence-electron chi connectivity index (χ4n) is 2.73. The Morgan fingerprint density at radius 3 is 2.55 bits per heavy atom. The molecule has 110 valence electrons. The van der Waals surface area contributed by atoms with E-state index in [-0.39, 0.29) is 12.1 Å². The van der Waals surface area contributed by atoms with Gasteiger partial charge in [-0.1, -0.05) is 30.3 Å². The third-order valence-electron chi connectivity index (χ3n) is 3.59. The number of amides is 1. The third kappa shape index (κ3) is 3.31. The Kier molecular flexibility index (Phi) is 4.33. The van der Waals surface area contributed by atoms with Crippen LogP contribution in [0.3, 0.4) is 0 Å². The standard InChI is InChI=1S/C16H24N2O2/c1-16(2,3)20-15(19)18-10-9-13(11-17)14(18)12-7-5-4-6-8-12/h4-8,13-14H,9-11,17H2,1-3H3. The molecule has 2 unspecified atom stereocenters. The number of rotatable bonds is 2. The van der Waals surface area contributed by atoms with Crippen LogP contribution in [0.4, 0.5) is 4.79 Å². The van der Waals surface area contributed by atoms with Crippen molar-refractivity contribution in [1.29, 1.82) is 0 Å². The second-order valence-corrected chi connectivity index (χ2v) is 6.31. The van der Waals surface area contributed by atoms with Gasteiger partial charge >= 0.3 is 6.09 Å². The first-order valence-electron chi connectivity index (χ1n) is 7.17. The molecule has 0 radical (unpaired) electrons. The minimum atomic E-state index is -0.473. The molecule has 1 aliphatic rings. The van der Waals surface area contributed by atoms with E-state index in [1.807, 2.05) is 43.9 Å². The lowest BCUT2D eigenvalue weighted by atomic mass is 9.94. The van der Waals surface area contributed by atoms with Crippen molar-refractivity contribution in [2.24, 2.45) is 11.7 Å². The number of carbonyl (C=O) groups excluding carboxylic acids is 1. The minimum Gasteiger partial charge on any atom is -0.444 e. The quantitative estimate of drug-likeness (QED) is 0.903. The Morgan fingerprint density at radius 1 is 1.35 bits per heavy atom. The number of ether oxygens (including phenoxy) is 1. The van der Waals surface area contributed by atoms with Crippen molar-refractivity contribution in [2.75, 3.05) is 13.1 Å². The second-order valence-electron chi connectivity index (χ2n) is 6.31. The van der Waals surface area contributed by atoms with E-state index in [0.717, 1.165) is 12.0 Å². The Balaban J connectivity index is 2.22. The highest BCUT2D eigenvalue weighted by molar-refractivity contribution is 5.69. The molecule has 1 heterocycles. The molecule has 1 aliphatic heterocycles. The van der Waals surface area contributed by atoms with Crippen LogP contribution in [0.15, 0.2) is 30.3 Å². The molecule has 0 saturated carbocycles.